The number of carbonyl (C=O) groups excluding carboxylic acids is 2. The second-order valence-electron chi connectivity index (χ2n) is 11.2. The lowest BCUT2D eigenvalue weighted by molar-refractivity contribution is -0.167. The molecule has 2 heterocycles. The molecule has 1 amide bonds. The summed E-state index contributed by atoms with van der Waals surface area (Å²) in [5.74, 6) is -0.177. The van der Waals surface area contributed by atoms with Gasteiger partial charge in [-0.25, -0.2) is 0 Å². The van der Waals surface area contributed by atoms with Crippen molar-refractivity contribution in [2.75, 3.05) is 39.3 Å². The van der Waals surface area contributed by atoms with Crippen molar-refractivity contribution in [3.63, 3.8) is 0 Å². The highest BCUT2D eigenvalue weighted by molar-refractivity contribution is 6.42. The van der Waals surface area contributed by atoms with Gasteiger partial charge in [0.05, 0.1) is 23.2 Å². The zero-order chi connectivity index (χ0) is 29.6. The van der Waals surface area contributed by atoms with E-state index in [4.69, 9.17) is 32.7 Å². The maximum atomic E-state index is 13.4. The van der Waals surface area contributed by atoms with E-state index >= 15 is 0 Å². The van der Waals surface area contributed by atoms with E-state index in [-0.39, 0.29) is 11.9 Å². The van der Waals surface area contributed by atoms with Crippen LogP contribution >= 0.6 is 23.2 Å². The molecule has 2 saturated heterocycles. The van der Waals surface area contributed by atoms with E-state index in [1.165, 1.54) is 0 Å². The summed E-state index contributed by atoms with van der Waals surface area (Å²) in [6.45, 7) is 5.72. The number of benzene rings is 3. The highest BCUT2D eigenvalue weighted by Gasteiger charge is 2.42. The van der Waals surface area contributed by atoms with Crippen LogP contribution in [0.25, 0.3) is 0 Å². The molecule has 0 spiro atoms. The third-order valence-electron chi connectivity index (χ3n) is 8.56. The van der Waals surface area contributed by atoms with Crippen LogP contribution in [-0.2, 0) is 25.5 Å². The summed E-state index contributed by atoms with van der Waals surface area (Å²) in [4.78, 5) is 30.0. The van der Waals surface area contributed by atoms with Crippen LogP contribution in [0.5, 0.6) is 0 Å². The zero-order valence-corrected chi connectivity index (χ0v) is 25.6. The fourth-order valence-electron chi connectivity index (χ4n) is 6.16. The van der Waals surface area contributed by atoms with E-state index in [2.05, 4.69) is 4.90 Å². The predicted molar refractivity (Wildman–Crippen MR) is 166 cm³/mol. The molecule has 2 fully saturated rings. The van der Waals surface area contributed by atoms with Gasteiger partial charge in [-0.2, -0.15) is 0 Å². The van der Waals surface area contributed by atoms with Crippen molar-refractivity contribution in [1.82, 2.24) is 9.80 Å². The van der Waals surface area contributed by atoms with Crippen LogP contribution in [0.1, 0.15) is 60.5 Å². The van der Waals surface area contributed by atoms with Gasteiger partial charge in [0.25, 0.3) is 5.91 Å². The monoisotopic (exact) mass is 608 g/mol. The molecule has 2 aliphatic heterocycles. The normalized spacial score (nSPS) is 20.7. The molecule has 3 aromatic carbocycles. The van der Waals surface area contributed by atoms with Crippen molar-refractivity contribution in [2.45, 2.75) is 50.2 Å². The summed E-state index contributed by atoms with van der Waals surface area (Å²) >= 11 is 12.7. The Labute approximate surface area is 258 Å². The second-order valence-corrected chi connectivity index (χ2v) is 12.0. The van der Waals surface area contributed by atoms with Crippen LogP contribution in [0.3, 0.4) is 0 Å². The number of rotatable bonds is 9. The van der Waals surface area contributed by atoms with Gasteiger partial charge in [-0.15, -0.1) is 0 Å². The minimum atomic E-state index is -0.697. The summed E-state index contributed by atoms with van der Waals surface area (Å²) in [7, 11) is 0. The van der Waals surface area contributed by atoms with Gasteiger partial charge >= 0.3 is 5.97 Å². The lowest BCUT2D eigenvalue weighted by Crippen LogP contribution is -2.51. The molecular formula is C34H38Cl2N2O4. The van der Waals surface area contributed by atoms with Gasteiger partial charge in [-0.05, 0) is 48.2 Å². The number of hydrogen-bond donors (Lipinski definition) is 0. The standard InChI is InChI=1S/C34H38Cl2N2O4/c1-2-31(39)42-33(27-12-7-4-8-13-27)17-20-37(21-18-33)22-23-41-34(28-14-15-29(35)30(36)24-28)16-9-19-38(25-34)32(40)26-10-5-3-6-11-26/h3-8,10-15,24H,2,9,16-23,25H2,1H3. The number of likely N-dealkylation sites (tertiary alicyclic amines) is 2. The topological polar surface area (TPSA) is 59.1 Å². The van der Waals surface area contributed by atoms with E-state index in [1.54, 1.807) is 6.07 Å². The fraction of sp³-hybridized carbons (Fsp3) is 0.412. The Morgan fingerprint density at radius 3 is 2.17 bits per heavy atom. The SMILES string of the molecule is CCC(=O)OC1(c2ccccc2)CCN(CCOC2(c3ccc(Cl)c(Cl)c3)CCCN(C(=O)c3ccccc3)C2)CC1. The predicted octanol–water partition coefficient (Wildman–Crippen LogP) is 7.09. The molecule has 1 unspecified atom stereocenters. The van der Waals surface area contributed by atoms with E-state index in [0.717, 1.165) is 56.4 Å². The number of nitrogens with zero attached hydrogens (tertiary/aromatic N) is 2. The number of halogens is 2. The summed E-state index contributed by atoms with van der Waals surface area (Å²) in [5.41, 5.74) is 1.34. The van der Waals surface area contributed by atoms with Crippen molar-refractivity contribution in [1.29, 1.82) is 0 Å². The number of piperidine rings is 2. The minimum Gasteiger partial charge on any atom is -0.454 e. The molecule has 0 bridgehead atoms. The summed E-state index contributed by atoms with van der Waals surface area (Å²) < 4.78 is 12.8. The lowest BCUT2D eigenvalue weighted by atomic mass is 9.84. The average molecular weight is 610 g/mol. The molecule has 42 heavy (non-hydrogen) atoms. The molecule has 2 aliphatic rings. The molecule has 5 rings (SSSR count). The van der Waals surface area contributed by atoms with Crippen LogP contribution < -0.4 is 0 Å². The van der Waals surface area contributed by atoms with Gasteiger partial charge in [0.1, 0.15) is 11.2 Å². The summed E-state index contributed by atoms with van der Waals surface area (Å²) in [5, 5.41) is 0.959. The van der Waals surface area contributed by atoms with Gasteiger partial charge in [-0.1, -0.05) is 84.7 Å². The first-order valence-electron chi connectivity index (χ1n) is 14.8. The molecule has 0 aliphatic carbocycles. The molecule has 0 saturated carbocycles. The number of carbonyl (C=O) groups is 2. The van der Waals surface area contributed by atoms with Gasteiger partial charge in [0.2, 0.25) is 0 Å². The first-order chi connectivity index (χ1) is 20.3. The van der Waals surface area contributed by atoms with E-state index < -0.39 is 11.2 Å². The Hall–Kier alpha value is -2.90. The van der Waals surface area contributed by atoms with Crippen molar-refractivity contribution >= 4 is 35.1 Å². The molecule has 1 atom stereocenters. The molecular weight excluding hydrogens is 571 g/mol. The van der Waals surface area contributed by atoms with Crippen LogP contribution in [0.2, 0.25) is 10.0 Å². The highest BCUT2D eigenvalue weighted by atomic mass is 35.5. The lowest BCUT2D eigenvalue weighted by Gasteiger charge is -2.44. The van der Waals surface area contributed by atoms with Crippen LogP contribution in [0.15, 0.2) is 78.9 Å². The van der Waals surface area contributed by atoms with Crippen molar-refractivity contribution < 1.29 is 19.1 Å². The highest BCUT2D eigenvalue weighted by Crippen LogP contribution is 2.40. The van der Waals surface area contributed by atoms with Crippen LogP contribution in [-0.4, -0.2) is 61.0 Å². The minimum absolute atomic E-state index is 0.00163. The number of hydrogen-bond acceptors (Lipinski definition) is 5. The quantitative estimate of drug-likeness (QED) is 0.243. The second kappa shape index (κ2) is 13.6. The van der Waals surface area contributed by atoms with E-state index in [9.17, 15) is 9.59 Å². The Morgan fingerprint density at radius 1 is 0.810 bits per heavy atom. The Kier molecular flexibility index (Phi) is 9.89. The molecule has 0 radical (unpaired) electrons. The van der Waals surface area contributed by atoms with E-state index in [0.29, 0.717) is 41.7 Å². The molecule has 0 aromatic heterocycles. The Morgan fingerprint density at radius 2 is 1.50 bits per heavy atom. The first-order valence-corrected chi connectivity index (χ1v) is 15.5. The number of ether oxygens (including phenoxy) is 2. The smallest absolute Gasteiger partial charge is 0.306 e. The average Bonchev–Trinajstić information content (AvgIpc) is 3.03. The summed E-state index contributed by atoms with van der Waals surface area (Å²) in [6.07, 6.45) is 3.38. The molecule has 0 N–H and O–H groups in total. The van der Waals surface area contributed by atoms with Gasteiger partial charge < -0.3 is 19.3 Å². The van der Waals surface area contributed by atoms with Crippen molar-refractivity contribution in [3.05, 3.63) is 106 Å². The summed E-state index contributed by atoms with van der Waals surface area (Å²) in [6, 6.07) is 25.1. The maximum Gasteiger partial charge on any atom is 0.306 e. The Bertz CT molecular complexity index is 1360. The number of amides is 1. The Balaban J connectivity index is 1.28. The third-order valence-corrected chi connectivity index (χ3v) is 9.29. The van der Waals surface area contributed by atoms with E-state index in [1.807, 2.05) is 84.6 Å². The third kappa shape index (κ3) is 6.84. The molecule has 8 heteroatoms. The van der Waals surface area contributed by atoms with Crippen molar-refractivity contribution in [3.8, 4) is 0 Å². The zero-order valence-electron chi connectivity index (χ0n) is 24.1. The number of esters is 1. The van der Waals surface area contributed by atoms with Gasteiger partial charge in [0.15, 0.2) is 0 Å². The largest absolute Gasteiger partial charge is 0.454 e. The van der Waals surface area contributed by atoms with Gasteiger partial charge in [-0.3, -0.25) is 9.59 Å². The van der Waals surface area contributed by atoms with Crippen LogP contribution in [0.4, 0.5) is 0 Å². The molecule has 6 nitrogen and oxygen atoms in total. The van der Waals surface area contributed by atoms with Gasteiger partial charge in [0, 0.05) is 51.0 Å². The fourth-order valence-corrected chi connectivity index (χ4v) is 6.46. The maximum absolute atomic E-state index is 13.4. The van der Waals surface area contributed by atoms with Crippen LogP contribution in [0, 0.1) is 0 Å². The first kappa shape index (κ1) is 30.6. The molecule has 3 aromatic rings. The molecule has 222 valence electrons. The van der Waals surface area contributed by atoms with Crippen molar-refractivity contribution in [2.24, 2.45) is 0 Å².